The predicted octanol–water partition coefficient (Wildman–Crippen LogP) is 4.71. The lowest BCUT2D eigenvalue weighted by Gasteiger charge is -2.15. The molecular weight excluding hydrogens is 350 g/mol. The minimum absolute atomic E-state index is 0.0252. The molecule has 0 radical (unpaired) electrons. The van der Waals surface area contributed by atoms with Gasteiger partial charge in [-0.25, -0.2) is 4.68 Å². The lowest BCUT2D eigenvalue weighted by Crippen LogP contribution is -2.22. The second-order valence-electron chi connectivity index (χ2n) is 6.30. The van der Waals surface area contributed by atoms with E-state index in [2.05, 4.69) is 41.2 Å². The third-order valence-corrected chi connectivity index (χ3v) is 6.55. The zero-order valence-corrected chi connectivity index (χ0v) is 15.9. The summed E-state index contributed by atoms with van der Waals surface area (Å²) in [7, 11) is 0. The Bertz CT molecular complexity index is 913. The molecule has 1 aromatic carbocycles. The van der Waals surface area contributed by atoms with E-state index in [1.165, 1.54) is 11.1 Å². The highest BCUT2D eigenvalue weighted by atomic mass is 32.2. The standard InChI is InChI=1S/C19H19N3OS2/c1-11-4-6-15(7-5-11)22-18-16(12(2)21-22)17(14-8-9-24-10-14)25-13(3)19(23)20-18/h4-10,13,17H,1-3H3,(H,20,23)/t13-,17-/m0/s1. The van der Waals surface area contributed by atoms with Crippen LogP contribution in [0.3, 0.4) is 0 Å². The number of nitrogens with zero attached hydrogens (tertiary/aromatic N) is 2. The van der Waals surface area contributed by atoms with Crippen LogP contribution in [0.2, 0.25) is 0 Å². The van der Waals surface area contributed by atoms with Crippen LogP contribution in [0.25, 0.3) is 5.69 Å². The number of rotatable bonds is 2. The number of carbonyl (C=O) groups is 1. The maximum Gasteiger partial charge on any atom is 0.238 e. The molecule has 25 heavy (non-hydrogen) atoms. The van der Waals surface area contributed by atoms with Gasteiger partial charge < -0.3 is 5.32 Å². The smallest absolute Gasteiger partial charge is 0.238 e. The Kier molecular flexibility index (Phi) is 4.17. The van der Waals surface area contributed by atoms with E-state index < -0.39 is 0 Å². The first-order valence-corrected chi connectivity index (χ1v) is 10.1. The van der Waals surface area contributed by atoms with E-state index in [-0.39, 0.29) is 16.4 Å². The Morgan fingerprint density at radius 3 is 2.60 bits per heavy atom. The zero-order chi connectivity index (χ0) is 17.6. The van der Waals surface area contributed by atoms with E-state index in [9.17, 15) is 4.79 Å². The molecule has 0 aliphatic carbocycles. The summed E-state index contributed by atoms with van der Waals surface area (Å²) in [4.78, 5) is 12.6. The van der Waals surface area contributed by atoms with Crippen LogP contribution in [0, 0.1) is 13.8 Å². The number of thioether (sulfide) groups is 1. The molecule has 2 aromatic heterocycles. The lowest BCUT2D eigenvalue weighted by atomic mass is 10.1. The SMILES string of the molecule is Cc1ccc(-n2nc(C)c3c2NC(=O)[C@H](C)S[C@H]3c2ccsc2)cc1. The molecule has 4 rings (SSSR count). The van der Waals surface area contributed by atoms with E-state index in [1.807, 2.05) is 30.7 Å². The average molecular weight is 370 g/mol. The summed E-state index contributed by atoms with van der Waals surface area (Å²) < 4.78 is 1.86. The summed E-state index contributed by atoms with van der Waals surface area (Å²) >= 11 is 3.36. The number of anilines is 1. The van der Waals surface area contributed by atoms with Crippen molar-refractivity contribution in [3.8, 4) is 5.69 Å². The van der Waals surface area contributed by atoms with Crippen LogP contribution in [0.1, 0.15) is 34.6 Å². The van der Waals surface area contributed by atoms with Crippen molar-refractivity contribution in [1.29, 1.82) is 0 Å². The van der Waals surface area contributed by atoms with Gasteiger partial charge in [-0.1, -0.05) is 17.7 Å². The fourth-order valence-electron chi connectivity index (χ4n) is 3.07. The van der Waals surface area contributed by atoms with Crippen molar-refractivity contribution in [3.05, 3.63) is 63.5 Å². The van der Waals surface area contributed by atoms with E-state index in [0.717, 1.165) is 22.8 Å². The first-order chi connectivity index (χ1) is 12.0. The topological polar surface area (TPSA) is 46.9 Å². The molecule has 1 aliphatic rings. The van der Waals surface area contributed by atoms with Gasteiger partial charge in [0.05, 0.1) is 21.9 Å². The number of aromatic nitrogens is 2. The van der Waals surface area contributed by atoms with Crippen molar-refractivity contribution in [2.75, 3.05) is 5.32 Å². The summed E-state index contributed by atoms with van der Waals surface area (Å²) in [6.07, 6.45) is 0. The largest absolute Gasteiger partial charge is 0.309 e. The molecule has 0 saturated carbocycles. The van der Waals surface area contributed by atoms with E-state index >= 15 is 0 Å². The summed E-state index contributed by atoms with van der Waals surface area (Å²) in [6, 6.07) is 10.3. The molecule has 4 nitrogen and oxygen atoms in total. The number of benzene rings is 1. The molecule has 0 spiro atoms. The normalized spacial score (nSPS) is 20.0. The molecule has 0 bridgehead atoms. The Labute approximate surface area is 155 Å². The van der Waals surface area contributed by atoms with Gasteiger partial charge in [0.15, 0.2) is 0 Å². The molecule has 2 atom stereocenters. The highest BCUT2D eigenvalue weighted by Crippen LogP contribution is 2.46. The van der Waals surface area contributed by atoms with Gasteiger partial charge in [-0.15, -0.1) is 11.8 Å². The Morgan fingerprint density at radius 2 is 1.92 bits per heavy atom. The predicted molar refractivity (Wildman–Crippen MR) is 105 cm³/mol. The lowest BCUT2D eigenvalue weighted by molar-refractivity contribution is -0.115. The van der Waals surface area contributed by atoms with Crippen LogP contribution in [-0.4, -0.2) is 20.9 Å². The van der Waals surface area contributed by atoms with Gasteiger partial charge in [0.1, 0.15) is 5.82 Å². The number of hydrogen-bond acceptors (Lipinski definition) is 4. The molecule has 1 N–H and O–H groups in total. The van der Waals surface area contributed by atoms with Gasteiger partial charge in [0, 0.05) is 5.56 Å². The summed E-state index contributed by atoms with van der Waals surface area (Å²) in [5, 5.41) is 12.1. The molecule has 3 aromatic rings. The van der Waals surface area contributed by atoms with E-state index in [1.54, 1.807) is 23.1 Å². The molecule has 3 heterocycles. The third kappa shape index (κ3) is 2.89. The second-order valence-corrected chi connectivity index (χ2v) is 8.53. The minimum Gasteiger partial charge on any atom is -0.309 e. The monoisotopic (exact) mass is 369 g/mol. The number of thiophene rings is 1. The molecule has 0 fully saturated rings. The maximum atomic E-state index is 12.6. The van der Waals surface area contributed by atoms with Gasteiger partial charge in [-0.2, -0.15) is 16.4 Å². The van der Waals surface area contributed by atoms with Crippen LogP contribution in [0.5, 0.6) is 0 Å². The quantitative estimate of drug-likeness (QED) is 0.711. The van der Waals surface area contributed by atoms with Gasteiger partial charge in [0.2, 0.25) is 5.91 Å². The molecule has 1 amide bonds. The Hall–Kier alpha value is -2.05. The molecule has 1 aliphatic heterocycles. The van der Waals surface area contributed by atoms with Gasteiger partial charge in [0.25, 0.3) is 0 Å². The highest BCUT2D eigenvalue weighted by Gasteiger charge is 2.34. The maximum absolute atomic E-state index is 12.6. The van der Waals surface area contributed by atoms with Gasteiger partial charge >= 0.3 is 0 Å². The molecular formula is C19H19N3OS2. The first-order valence-electron chi connectivity index (χ1n) is 8.19. The zero-order valence-electron chi connectivity index (χ0n) is 14.3. The molecule has 0 unspecified atom stereocenters. The van der Waals surface area contributed by atoms with Crippen molar-refractivity contribution < 1.29 is 4.79 Å². The van der Waals surface area contributed by atoms with Crippen LogP contribution in [0.15, 0.2) is 41.1 Å². The highest BCUT2D eigenvalue weighted by molar-refractivity contribution is 8.01. The molecule has 6 heteroatoms. The summed E-state index contributed by atoms with van der Waals surface area (Å²) in [5.74, 6) is 0.816. The number of carbonyl (C=O) groups excluding carboxylic acids is 1. The van der Waals surface area contributed by atoms with Crippen LogP contribution < -0.4 is 5.32 Å². The van der Waals surface area contributed by atoms with Gasteiger partial charge in [-0.05, 0) is 55.3 Å². The fraction of sp³-hybridized carbons (Fsp3) is 0.263. The van der Waals surface area contributed by atoms with Crippen LogP contribution in [0.4, 0.5) is 5.82 Å². The van der Waals surface area contributed by atoms with Gasteiger partial charge in [-0.3, -0.25) is 4.79 Å². The summed E-state index contributed by atoms with van der Waals surface area (Å²) in [6.45, 7) is 6.04. The number of aryl methyl sites for hydroxylation is 2. The van der Waals surface area contributed by atoms with Crippen molar-refractivity contribution >= 4 is 34.8 Å². The van der Waals surface area contributed by atoms with E-state index in [0.29, 0.717) is 0 Å². The van der Waals surface area contributed by atoms with E-state index in [4.69, 9.17) is 5.10 Å². The third-order valence-electron chi connectivity index (χ3n) is 4.44. The molecule has 128 valence electrons. The van der Waals surface area contributed by atoms with Crippen molar-refractivity contribution in [1.82, 2.24) is 9.78 Å². The average Bonchev–Trinajstić information content (AvgIpc) is 3.19. The first kappa shape index (κ1) is 16.4. The van der Waals surface area contributed by atoms with Crippen molar-refractivity contribution in [2.45, 2.75) is 31.3 Å². The van der Waals surface area contributed by atoms with Crippen LogP contribution >= 0.6 is 23.1 Å². The Balaban J connectivity index is 1.90. The number of nitrogens with one attached hydrogen (secondary N) is 1. The Morgan fingerprint density at radius 1 is 1.16 bits per heavy atom. The number of fused-ring (bicyclic) bond motifs is 1. The number of hydrogen-bond donors (Lipinski definition) is 1. The number of amides is 1. The fourth-order valence-corrected chi connectivity index (χ4v) is 5.15. The summed E-state index contributed by atoms with van der Waals surface area (Å²) in [5.41, 5.74) is 5.43. The van der Waals surface area contributed by atoms with Crippen molar-refractivity contribution in [3.63, 3.8) is 0 Å². The second kappa shape index (κ2) is 6.35. The van der Waals surface area contributed by atoms with Crippen molar-refractivity contribution in [2.24, 2.45) is 0 Å². The molecule has 0 saturated heterocycles. The minimum atomic E-state index is -0.122. The van der Waals surface area contributed by atoms with Crippen LogP contribution in [-0.2, 0) is 4.79 Å².